The number of carbonyl (C=O) groups is 2. The van der Waals surface area contributed by atoms with Crippen LogP contribution in [0.25, 0.3) is 0 Å². The Labute approximate surface area is 160 Å². The molecule has 0 aliphatic rings. The van der Waals surface area contributed by atoms with E-state index in [1.807, 2.05) is 6.07 Å². The second kappa shape index (κ2) is 7.60. The Morgan fingerprint density at radius 3 is 2.15 bits per heavy atom. The Bertz CT molecular complexity index is 968. The summed E-state index contributed by atoms with van der Waals surface area (Å²) in [7, 11) is 0. The van der Waals surface area contributed by atoms with Crippen LogP contribution < -0.4 is 11.1 Å². The topological polar surface area (TPSA) is 72.2 Å². The van der Waals surface area contributed by atoms with E-state index >= 15 is 0 Å². The molecule has 0 aliphatic carbocycles. The van der Waals surface area contributed by atoms with E-state index in [-0.39, 0.29) is 27.0 Å². The molecule has 130 valence electrons. The van der Waals surface area contributed by atoms with Gasteiger partial charge in [0.2, 0.25) is 0 Å². The van der Waals surface area contributed by atoms with Crippen LogP contribution >= 0.6 is 23.2 Å². The smallest absolute Gasteiger partial charge is 0.258 e. The fraction of sp³-hybridized carbons (Fsp3) is 0. The molecule has 0 radical (unpaired) electrons. The van der Waals surface area contributed by atoms with Gasteiger partial charge in [-0.05, 0) is 30.3 Å². The Balaban J connectivity index is 1.99. The van der Waals surface area contributed by atoms with Gasteiger partial charge in [-0.25, -0.2) is 0 Å². The molecule has 0 aliphatic heterocycles. The van der Waals surface area contributed by atoms with E-state index in [1.54, 1.807) is 54.6 Å². The Morgan fingerprint density at radius 2 is 1.50 bits per heavy atom. The SMILES string of the molecule is Nc1ccc(NC(=O)c2c(Cl)cccc2Cl)c(C(=O)c2ccccc2)c1. The van der Waals surface area contributed by atoms with Crippen LogP contribution in [0.5, 0.6) is 0 Å². The van der Waals surface area contributed by atoms with Gasteiger partial charge < -0.3 is 11.1 Å². The van der Waals surface area contributed by atoms with E-state index in [9.17, 15) is 9.59 Å². The van der Waals surface area contributed by atoms with Crippen molar-refractivity contribution in [3.63, 3.8) is 0 Å². The third-order valence-corrected chi connectivity index (χ3v) is 4.39. The monoisotopic (exact) mass is 384 g/mol. The lowest BCUT2D eigenvalue weighted by Gasteiger charge is -2.13. The first-order valence-electron chi connectivity index (χ1n) is 7.72. The summed E-state index contributed by atoms with van der Waals surface area (Å²) in [5.41, 5.74) is 7.49. The number of nitrogens with two attached hydrogens (primary N) is 1. The molecule has 0 saturated carbocycles. The first-order chi connectivity index (χ1) is 12.5. The minimum absolute atomic E-state index is 0.144. The summed E-state index contributed by atoms with van der Waals surface area (Å²) in [6.45, 7) is 0. The molecular formula is C20H14Cl2N2O2. The first-order valence-corrected chi connectivity index (χ1v) is 8.47. The summed E-state index contributed by atoms with van der Waals surface area (Å²) >= 11 is 12.2. The number of benzene rings is 3. The fourth-order valence-electron chi connectivity index (χ4n) is 2.50. The van der Waals surface area contributed by atoms with Crippen molar-refractivity contribution in [3.05, 3.63) is 93.5 Å². The van der Waals surface area contributed by atoms with Crippen molar-refractivity contribution in [1.82, 2.24) is 0 Å². The van der Waals surface area contributed by atoms with Crippen molar-refractivity contribution in [2.24, 2.45) is 0 Å². The van der Waals surface area contributed by atoms with Crippen LogP contribution in [0.3, 0.4) is 0 Å². The van der Waals surface area contributed by atoms with Gasteiger partial charge >= 0.3 is 0 Å². The number of hydrogen-bond donors (Lipinski definition) is 2. The van der Waals surface area contributed by atoms with Crippen molar-refractivity contribution in [2.45, 2.75) is 0 Å². The van der Waals surface area contributed by atoms with Crippen molar-refractivity contribution < 1.29 is 9.59 Å². The maximum atomic E-state index is 12.8. The second-order valence-corrected chi connectivity index (χ2v) is 6.37. The minimum atomic E-state index is -0.507. The molecule has 1 amide bonds. The number of halogens is 2. The summed E-state index contributed by atoms with van der Waals surface area (Å²) in [6, 6.07) is 18.2. The molecule has 0 saturated heterocycles. The lowest BCUT2D eigenvalue weighted by molar-refractivity contribution is 0.102. The molecule has 26 heavy (non-hydrogen) atoms. The number of ketones is 1. The van der Waals surface area contributed by atoms with Crippen molar-refractivity contribution in [1.29, 1.82) is 0 Å². The lowest BCUT2D eigenvalue weighted by atomic mass is 10.0. The van der Waals surface area contributed by atoms with Gasteiger partial charge in [-0.2, -0.15) is 0 Å². The van der Waals surface area contributed by atoms with E-state index in [2.05, 4.69) is 5.32 Å². The molecular weight excluding hydrogens is 371 g/mol. The zero-order valence-corrected chi connectivity index (χ0v) is 15.0. The molecule has 0 atom stereocenters. The summed E-state index contributed by atoms with van der Waals surface area (Å²) in [5, 5.41) is 3.15. The van der Waals surface area contributed by atoms with Gasteiger partial charge in [-0.3, -0.25) is 9.59 Å². The predicted molar refractivity (Wildman–Crippen MR) is 105 cm³/mol. The van der Waals surface area contributed by atoms with Crippen LogP contribution in [-0.4, -0.2) is 11.7 Å². The third kappa shape index (κ3) is 3.72. The van der Waals surface area contributed by atoms with Crippen LogP contribution in [0.15, 0.2) is 66.7 Å². The highest BCUT2D eigenvalue weighted by Crippen LogP contribution is 2.27. The fourth-order valence-corrected chi connectivity index (χ4v) is 3.07. The van der Waals surface area contributed by atoms with Crippen molar-refractivity contribution in [2.75, 3.05) is 11.1 Å². The Hall–Kier alpha value is -2.82. The van der Waals surface area contributed by atoms with Crippen LogP contribution in [0.2, 0.25) is 10.0 Å². The molecule has 0 aromatic heterocycles. The van der Waals surface area contributed by atoms with E-state index in [1.165, 1.54) is 6.07 Å². The van der Waals surface area contributed by atoms with E-state index in [4.69, 9.17) is 28.9 Å². The molecule has 0 unspecified atom stereocenters. The first kappa shape index (κ1) is 18.0. The molecule has 3 aromatic rings. The van der Waals surface area contributed by atoms with Gasteiger partial charge in [0.25, 0.3) is 5.91 Å². The van der Waals surface area contributed by atoms with Gasteiger partial charge in [0.15, 0.2) is 5.78 Å². The summed E-state index contributed by atoms with van der Waals surface area (Å²) < 4.78 is 0. The molecule has 0 bridgehead atoms. The molecule has 3 N–H and O–H groups in total. The van der Waals surface area contributed by atoms with Gasteiger partial charge in [-0.1, -0.05) is 59.6 Å². The third-order valence-electron chi connectivity index (χ3n) is 3.76. The van der Waals surface area contributed by atoms with Crippen molar-refractivity contribution in [3.8, 4) is 0 Å². The van der Waals surface area contributed by atoms with E-state index in [0.717, 1.165) is 0 Å². The highest BCUT2D eigenvalue weighted by atomic mass is 35.5. The average molecular weight is 385 g/mol. The zero-order valence-electron chi connectivity index (χ0n) is 13.5. The Morgan fingerprint density at radius 1 is 0.846 bits per heavy atom. The quantitative estimate of drug-likeness (QED) is 0.487. The van der Waals surface area contributed by atoms with E-state index < -0.39 is 5.91 Å². The number of hydrogen-bond acceptors (Lipinski definition) is 3. The number of anilines is 2. The largest absolute Gasteiger partial charge is 0.399 e. The van der Waals surface area contributed by atoms with Crippen LogP contribution in [0.1, 0.15) is 26.3 Å². The maximum Gasteiger partial charge on any atom is 0.258 e. The molecule has 0 spiro atoms. The summed E-state index contributed by atoms with van der Waals surface area (Å²) in [4.78, 5) is 25.4. The van der Waals surface area contributed by atoms with Gasteiger partial charge in [-0.15, -0.1) is 0 Å². The van der Waals surface area contributed by atoms with Crippen LogP contribution in [-0.2, 0) is 0 Å². The van der Waals surface area contributed by atoms with Gasteiger partial charge in [0.05, 0.1) is 21.3 Å². The Kier molecular flexibility index (Phi) is 5.26. The van der Waals surface area contributed by atoms with Crippen LogP contribution in [0, 0.1) is 0 Å². The molecule has 3 aromatic carbocycles. The standard InChI is InChI=1S/C20H14Cl2N2O2/c21-15-7-4-8-16(22)18(15)20(26)24-17-10-9-13(23)11-14(17)19(25)12-5-2-1-3-6-12/h1-11H,23H2,(H,24,26). The minimum Gasteiger partial charge on any atom is -0.399 e. The number of rotatable bonds is 4. The molecule has 4 nitrogen and oxygen atoms in total. The van der Waals surface area contributed by atoms with Crippen molar-refractivity contribution >= 4 is 46.3 Å². The number of nitrogen functional groups attached to an aromatic ring is 1. The normalized spacial score (nSPS) is 10.4. The number of carbonyl (C=O) groups excluding carboxylic acids is 2. The predicted octanol–water partition coefficient (Wildman–Crippen LogP) is 5.06. The number of nitrogens with one attached hydrogen (secondary N) is 1. The zero-order chi connectivity index (χ0) is 18.7. The summed E-state index contributed by atoms with van der Waals surface area (Å²) in [6.07, 6.45) is 0. The van der Waals surface area contributed by atoms with E-state index in [0.29, 0.717) is 16.9 Å². The highest BCUT2D eigenvalue weighted by Gasteiger charge is 2.19. The lowest BCUT2D eigenvalue weighted by Crippen LogP contribution is -2.16. The molecule has 6 heteroatoms. The van der Waals surface area contributed by atoms with Crippen LogP contribution in [0.4, 0.5) is 11.4 Å². The number of amides is 1. The second-order valence-electron chi connectivity index (χ2n) is 5.55. The summed E-state index contributed by atoms with van der Waals surface area (Å²) in [5.74, 6) is -0.758. The average Bonchev–Trinajstić information content (AvgIpc) is 2.63. The molecule has 0 heterocycles. The molecule has 3 rings (SSSR count). The van der Waals surface area contributed by atoms with Gasteiger partial charge in [0.1, 0.15) is 0 Å². The maximum absolute atomic E-state index is 12.8. The van der Waals surface area contributed by atoms with Gasteiger partial charge in [0, 0.05) is 16.8 Å². The molecule has 0 fully saturated rings. The highest BCUT2D eigenvalue weighted by molar-refractivity contribution is 6.40.